The smallest absolute Gasteiger partial charge is 0.413 e. The molecule has 4 radical (unpaired) electrons. The number of benzene rings is 1. The van der Waals surface area contributed by atoms with Gasteiger partial charge in [0.25, 0.3) is 17.7 Å². The number of pyridine rings is 1. The van der Waals surface area contributed by atoms with Crippen LogP contribution in [0.4, 0.5) is 9.93 Å². The second kappa shape index (κ2) is 22.1. The molecule has 3 saturated heterocycles. The zero-order chi connectivity index (χ0) is 51.4. The van der Waals surface area contributed by atoms with Crippen LogP contribution < -0.4 is 30.1 Å². The summed E-state index contributed by atoms with van der Waals surface area (Å²) in [4.78, 5) is 107. The van der Waals surface area contributed by atoms with Crippen molar-refractivity contribution in [3.63, 3.8) is 0 Å². The van der Waals surface area contributed by atoms with Crippen LogP contribution in [0.1, 0.15) is 68.7 Å². The van der Waals surface area contributed by atoms with Crippen LogP contribution in [-0.4, -0.2) is 163 Å². The third-order valence-corrected chi connectivity index (χ3v) is 14.8. The highest BCUT2D eigenvalue weighted by Gasteiger charge is 2.56. The lowest BCUT2D eigenvalue weighted by Gasteiger charge is -2.52. The molecule has 374 valence electrons. The van der Waals surface area contributed by atoms with Gasteiger partial charge in [-0.05, 0) is 39.3 Å². The number of nitrogens with one attached hydrogen (secondary N) is 2. The van der Waals surface area contributed by atoms with Crippen molar-refractivity contribution in [3.05, 3.63) is 74.3 Å². The Morgan fingerprint density at radius 1 is 1.06 bits per heavy atom. The van der Waals surface area contributed by atoms with E-state index in [4.69, 9.17) is 44.3 Å². The van der Waals surface area contributed by atoms with Crippen molar-refractivity contribution < 1.29 is 66.1 Å². The lowest BCUT2D eigenvalue weighted by Crippen LogP contribution is -2.71. The molecule has 7 rings (SSSR count). The molecule has 0 bridgehead atoms. The Morgan fingerprint density at radius 3 is 2.51 bits per heavy atom. The molecular formula is C44H52B2N8O14PS2+. The minimum absolute atomic E-state index is 0.0292. The maximum atomic E-state index is 14.5. The standard InChI is InChI=1S/C44H51B2N8O14PS2/c1-7-30(40(59)65-45)67-50-33(27-22-71-42(47-27)49-43(61)64-44(2,3)4)36(56)48-34-38(58)53-35(41(60)66-46)24(21-70-39(34)53)20-54-13-8-9-25(54)18-51(12-14-54)37(57)28-16-29(55)32(68-69)19-52(28)17-23-10-11-26(62-5)15-31(23)63-6/h10-11,15-16,19,22,25,30,34,39H,7-9,12-14,17-18,20-21,69H2,1-6H3,(H-,47,48,49,56,61)/p+1/b50-33-/t25-,30-,34+,39+,54?/m0/s1. The van der Waals surface area contributed by atoms with Gasteiger partial charge in [-0.3, -0.25) is 29.4 Å². The molecule has 71 heavy (non-hydrogen) atoms. The molecule has 22 nitrogen and oxygen atoms in total. The van der Waals surface area contributed by atoms with E-state index < -0.39 is 64.1 Å². The van der Waals surface area contributed by atoms with E-state index in [9.17, 15) is 33.6 Å². The van der Waals surface area contributed by atoms with E-state index in [1.807, 2.05) is 6.07 Å². The molecule has 2 aromatic heterocycles. The first-order chi connectivity index (χ1) is 33.9. The van der Waals surface area contributed by atoms with Gasteiger partial charge in [-0.2, -0.15) is 0 Å². The number of quaternary nitrogens is 1. The summed E-state index contributed by atoms with van der Waals surface area (Å²) in [5, 5.41) is 9.76. The number of hydrogen-bond donors (Lipinski definition) is 2. The van der Waals surface area contributed by atoms with Gasteiger partial charge < -0.3 is 52.1 Å². The number of β-lactam (4-membered cyclic amide) rings is 1. The number of rotatable bonds is 17. The first-order valence-corrected chi connectivity index (χ1v) is 24.7. The zero-order valence-electron chi connectivity index (χ0n) is 39.8. The highest BCUT2D eigenvalue weighted by Crippen LogP contribution is 2.43. The fourth-order valence-corrected chi connectivity index (χ4v) is 11.2. The largest absolute Gasteiger partial charge is 0.541 e. The molecule has 3 fully saturated rings. The van der Waals surface area contributed by atoms with Crippen LogP contribution in [0.25, 0.3) is 0 Å². The number of hydrogen-bond acceptors (Lipinski definition) is 18. The summed E-state index contributed by atoms with van der Waals surface area (Å²) in [6.45, 7) is 9.10. The molecule has 0 aliphatic carbocycles. The number of oxime groups is 1. The van der Waals surface area contributed by atoms with Crippen LogP contribution in [0.2, 0.25) is 0 Å². The number of nitrogens with zero attached hydrogens (tertiary/aromatic N) is 6. The van der Waals surface area contributed by atoms with E-state index in [1.54, 1.807) is 56.4 Å². The summed E-state index contributed by atoms with van der Waals surface area (Å²) in [6, 6.07) is 5.38. The highest BCUT2D eigenvalue weighted by molar-refractivity contribution is 8.00. The lowest BCUT2D eigenvalue weighted by molar-refractivity contribution is -0.938. The first kappa shape index (κ1) is 52.7. The summed E-state index contributed by atoms with van der Waals surface area (Å²) >= 11 is 2.26. The quantitative estimate of drug-likeness (QED) is 0.0493. The van der Waals surface area contributed by atoms with Crippen molar-refractivity contribution in [2.24, 2.45) is 5.16 Å². The molecule has 4 amide bonds. The number of carbonyl (C=O) groups is 6. The third kappa shape index (κ3) is 11.3. The third-order valence-electron chi connectivity index (χ3n) is 12.5. The van der Waals surface area contributed by atoms with E-state index >= 15 is 0 Å². The van der Waals surface area contributed by atoms with Crippen LogP contribution >= 0.6 is 32.6 Å². The first-order valence-electron chi connectivity index (χ1n) is 22.3. The average Bonchev–Trinajstić information content (AvgIpc) is 3.99. The van der Waals surface area contributed by atoms with Gasteiger partial charge >= 0.3 is 34.1 Å². The molecule has 3 aromatic rings. The van der Waals surface area contributed by atoms with Crippen LogP contribution in [-0.2, 0) is 44.6 Å². The Morgan fingerprint density at radius 2 is 1.83 bits per heavy atom. The normalized spacial score (nSPS) is 21.2. The van der Waals surface area contributed by atoms with Crippen LogP contribution in [0, 0.1) is 0 Å². The highest BCUT2D eigenvalue weighted by atomic mass is 32.2. The molecule has 6 heterocycles. The van der Waals surface area contributed by atoms with E-state index in [1.165, 1.54) is 41.4 Å². The number of amides is 4. The van der Waals surface area contributed by atoms with Crippen molar-refractivity contribution in [2.45, 2.75) is 82.7 Å². The monoisotopic (exact) mass is 1030 g/mol. The van der Waals surface area contributed by atoms with Crippen LogP contribution in [0.15, 0.2) is 57.1 Å². The van der Waals surface area contributed by atoms with Crippen molar-refractivity contribution >= 4 is 95.3 Å². The molecule has 2 N–H and O–H groups in total. The predicted molar refractivity (Wildman–Crippen MR) is 263 cm³/mol. The lowest BCUT2D eigenvalue weighted by atomic mass is 10.0. The fourth-order valence-electron chi connectivity index (χ4n) is 9.03. The molecule has 4 aliphatic heterocycles. The summed E-state index contributed by atoms with van der Waals surface area (Å²) in [7, 11) is 15.7. The average molecular weight is 1030 g/mol. The van der Waals surface area contributed by atoms with Crippen molar-refractivity contribution in [2.75, 3.05) is 58.0 Å². The number of anilines is 1. The van der Waals surface area contributed by atoms with Gasteiger partial charge in [0, 0.05) is 47.2 Å². The number of thiazole rings is 1. The Labute approximate surface area is 421 Å². The summed E-state index contributed by atoms with van der Waals surface area (Å²) in [5.41, 5.74) is -0.322. The maximum Gasteiger partial charge on any atom is 0.413 e. The SMILES string of the molecule is [B]OC(=O)C1=C(C[N+]23CCC[C@H]2CN(C(=O)c2cc(=O)c(OP)cn2Cc2ccc(OC)cc2OC)CC3)CS[C@@H]2[C@H](NC(=O)/C(=N\O[C@@H](CC)C(=O)O[B])c3csc(NC(=O)OC(C)(C)C)n3)C(=O)N12. The van der Waals surface area contributed by atoms with Crippen molar-refractivity contribution in [1.29, 1.82) is 0 Å². The summed E-state index contributed by atoms with van der Waals surface area (Å²) < 4.78 is 32.8. The number of piperazine rings is 1. The zero-order valence-corrected chi connectivity index (χ0v) is 42.6. The minimum atomic E-state index is -1.30. The number of aromatic nitrogens is 2. The number of methoxy groups -OCH3 is 2. The topological polar surface area (TPSA) is 245 Å². The van der Waals surface area contributed by atoms with Crippen molar-refractivity contribution in [3.8, 4) is 17.2 Å². The maximum absolute atomic E-state index is 14.5. The molecular weight excluding hydrogens is 981 g/mol. The molecule has 27 heteroatoms. The Bertz CT molecular complexity index is 2720. The van der Waals surface area contributed by atoms with E-state index in [0.29, 0.717) is 47.7 Å². The van der Waals surface area contributed by atoms with Gasteiger partial charge in [-0.1, -0.05) is 12.1 Å². The van der Waals surface area contributed by atoms with Gasteiger partial charge in [0.05, 0.1) is 62.6 Å². The number of fused-ring (bicyclic) bond motifs is 2. The van der Waals surface area contributed by atoms with Gasteiger partial charge in [0.1, 0.15) is 58.2 Å². The summed E-state index contributed by atoms with van der Waals surface area (Å²) in [5.74, 6) is -2.38. The predicted octanol–water partition coefficient (Wildman–Crippen LogP) is 2.43. The Hall–Kier alpha value is -6.10. The minimum Gasteiger partial charge on any atom is -0.541 e. The fraction of sp³-hybridized carbons (Fsp3) is 0.477. The Kier molecular flexibility index (Phi) is 16.4. The van der Waals surface area contributed by atoms with Crippen molar-refractivity contribution in [1.82, 2.24) is 24.7 Å². The second-order valence-corrected chi connectivity index (χ2v) is 20.1. The van der Waals surface area contributed by atoms with Crippen LogP contribution in [0.3, 0.4) is 0 Å². The number of ether oxygens (including phenoxy) is 3. The van der Waals surface area contributed by atoms with E-state index in [0.717, 1.165) is 36.3 Å². The van der Waals surface area contributed by atoms with Gasteiger partial charge in [0.2, 0.25) is 11.5 Å². The second-order valence-electron chi connectivity index (χ2n) is 17.9. The number of thioether (sulfide) groups is 1. The van der Waals surface area contributed by atoms with Gasteiger partial charge in [0.15, 0.2) is 16.6 Å². The molecule has 2 unspecified atom stereocenters. The Balaban J connectivity index is 1.09. The van der Waals surface area contributed by atoms with Crippen LogP contribution in [0.5, 0.6) is 17.2 Å². The molecule has 4 aliphatic rings. The van der Waals surface area contributed by atoms with Gasteiger partial charge in [-0.15, -0.1) is 23.1 Å². The van der Waals surface area contributed by atoms with E-state index in [-0.39, 0.29) is 58.6 Å². The molecule has 6 atom stereocenters. The summed E-state index contributed by atoms with van der Waals surface area (Å²) in [6.07, 6.45) is 1.06. The number of carbonyl (C=O) groups excluding carboxylic acids is 6. The van der Waals surface area contributed by atoms with E-state index in [2.05, 4.69) is 34.9 Å². The molecule has 0 saturated carbocycles. The van der Waals surface area contributed by atoms with Gasteiger partial charge in [-0.25, -0.2) is 19.4 Å². The molecule has 1 aromatic carbocycles. The molecule has 0 spiro atoms.